The van der Waals surface area contributed by atoms with Crippen LogP contribution < -0.4 is 9.47 Å². The van der Waals surface area contributed by atoms with Crippen molar-refractivity contribution >= 4 is 23.8 Å². The van der Waals surface area contributed by atoms with Gasteiger partial charge in [-0.05, 0) is 23.6 Å². The molecule has 0 fully saturated rings. The van der Waals surface area contributed by atoms with Gasteiger partial charge in [0.25, 0.3) is 5.91 Å². The van der Waals surface area contributed by atoms with E-state index in [-0.39, 0.29) is 24.3 Å². The molecule has 2 aliphatic rings. The molecule has 0 saturated heterocycles. The van der Waals surface area contributed by atoms with Crippen molar-refractivity contribution in [3.8, 4) is 11.5 Å². The highest BCUT2D eigenvalue weighted by atomic mass is 16.5. The van der Waals surface area contributed by atoms with E-state index in [9.17, 15) is 9.59 Å². The number of nitrogens with zero attached hydrogens (tertiary/aromatic N) is 2. The molecule has 0 unspecified atom stereocenters. The Hall–Kier alpha value is -3.61. The summed E-state index contributed by atoms with van der Waals surface area (Å²) in [6.07, 6.45) is 4.16. The topological polar surface area (TPSA) is 77.4 Å². The van der Waals surface area contributed by atoms with Crippen molar-refractivity contribution in [1.29, 1.82) is 0 Å². The minimum atomic E-state index is -0.328. The molecule has 0 spiro atoms. The molecule has 154 valence electrons. The average molecular weight is 406 g/mol. The molecule has 0 bridgehead atoms. The van der Waals surface area contributed by atoms with Gasteiger partial charge in [-0.25, -0.2) is 0 Å². The Kier molecular flexibility index (Phi) is 5.52. The summed E-state index contributed by atoms with van der Waals surface area (Å²) in [5, 5.41) is 0. The van der Waals surface area contributed by atoms with Crippen molar-refractivity contribution in [1.82, 2.24) is 4.90 Å². The first-order valence-electron chi connectivity index (χ1n) is 9.61. The minimum absolute atomic E-state index is 0.160. The quantitative estimate of drug-likeness (QED) is 0.685. The molecule has 2 aromatic carbocycles. The Balaban J connectivity index is 1.60. The molecule has 2 aromatic rings. The van der Waals surface area contributed by atoms with Gasteiger partial charge < -0.3 is 19.1 Å². The highest BCUT2D eigenvalue weighted by Gasteiger charge is 2.33. The first-order valence-corrected chi connectivity index (χ1v) is 9.61. The van der Waals surface area contributed by atoms with Crippen LogP contribution >= 0.6 is 0 Å². The van der Waals surface area contributed by atoms with E-state index in [1.807, 2.05) is 30.3 Å². The van der Waals surface area contributed by atoms with E-state index in [0.29, 0.717) is 35.8 Å². The number of amides is 1. The van der Waals surface area contributed by atoms with Crippen LogP contribution in [0.15, 0.2) is 59.2 Å². The smallest absolute Gasteiger partial charge is 0.309 e. The molecular weight excluding hydrogens is 384 g/mol. The summed E-state index contributed by atoms with van der Waals surface area (Å²) in [5.74, 6) is 0.463. The van der Waals surface area contributed by atoms with Crippen molar-refractivity contribution in [2.45, 2.75) is 25.5 Å². The largest absolute Gasteiger partial charge is 0.493 e. The molecule has 0 aliphatic carbocycles. The molecule has 7 nitrogen and oxygen atoms in total. The van der Waals surface area contributed by atoms with Crippen LogP contribution in [0.2, 0.25) is 0 Å². The van der Waals surface area contributed by atoms with Crippen LogP contribution in [0.3, 0.4) is 0 Å². The molecule has 2 heterocycles. The van der Waals surface area contributed by atoms with Gasteiger partial charge in [-0.1, -0.05) is 30.3 Å². The molecule has 7 heteroatoms. The molecule has 2 aliphatic heterocycles. The first-order chi connectivity index (χ1) is 14.6. The van der Waals surface area contributed by atoms with Gasteiger partial charge in [0, 0.05) is 18.5 Å². The fraction of sp³-hybridized carbons (Fsp3) is 0.261. The third-order valence-corrected chi connectivity index (χ3v) is 5.12. The number of carbonyl (C=O) groups is 2. The second-order valence-electron chi connectivity index (χ2n) is 7.10. The van der Waals surface area contributed by atoms with Gasteiger partial charge in [0.05, 0.1) is 37.9 Å². The van der Waals surface area contributed by atoms with Crippen LogP contribution in [0.25, 0.3) is 0 Å². The fourth-order valence-corrected chi connectivity index (χ4v) is 3.56. The highest BCUT2D eigenvalue weighted by Crippen LogP contribution is 2.39. The summed E-state index contributed by atoms with van der Waals surface area (Å²) < 4.78 is 16.1. The third kappa shape index (κ3) is 3.91. The van der Waals surface area contributed by atoms with Gasteiger partial charge in [0.2, 0.25) is 0 Å². The number of aliphatic imine (C=N–C) groups is 1. The van der Waals surface area contributed by atoms with E-state index in [2.05, 4.69) is 4.99 Å². The maximum Gasteiger partial charge on any atom is 0.309 e. The van der Waals surface area contributed by atoms with Crippen molar-refractivity contribution in [2.75, 3.05) is 14.2 Å². The predicted molar refractivity (Wildman–Crippen MR) is 111 cm³/mol. The van der Waals surface area contributed by atoms with E-state index in [1.54, 1.807) is 29.4 Å². The van der Waals surface area contributed by atoms with E-state index in [0.717, 1.165) is 11.1 Å². The lowest BCUT2D eigenvalue weighted by Gasteiger charge is -2.19. The Labute approximate surface area is 174 Å². The van der Waals surface area contributed by atoms with Gasteiger partial charge in [0.15, 0.2) is 11.5 Å². The fourth-order valence-electron chi connectivity index (χ4n) is 3.56. The Bertz CT molecular complexity index is 1030. The van der Waals surface area contributed by atoms with Crippen LogP contribution in [0.5, 0.6) is 11.5 Å². The molecule has 1 amide bonds. The molecule has 1 atom stereocenters. The molecule has 0 N–H and O–H groups in total. The summed E-state index contributed by atoms with van der Waals surface area (Å²) in [6, 6.07) is 13.0. The molecule has 0 radical (unpaired) electrons. The average Bonchev–Trinajstić information content (AvgIpc) is 3.13. The van der Waals surface area contributed by atoms with Gasteiger partial charge in [-0.3, -0.25) is 14.6 Å². The first kappa shape index (κ1) is 19.7. The number of rotatable bonds is 6. The number of fused-ring (bicyclic) bond motifs is 2. The van der Waals surface area contributed by atoms with Crippen molar-refractivity contribution < 1.29 is 23.8 Å². The number of carbonyl (C=O) groups excluding carboxylic acids is 2. The Morgan fingerprint density at radius 1 is 1.17 bits per heavy atom. The van der Waals surface area contributed by atoms with Crippen LogP contribution in [0, 0.1) is 0 Å². The monoisotopic (exact) mass is 406 g/mol. The Morgan fingerprint density at radius 3 is 2.70 bits per heavy atom. The lowest BCUT2D eigenvalue weighted by molar-refractivity contribution is -0.139. The number of hydrogen-bond donors (Lipinski definition) is 0. The predicted octanol–water partition coefficient (Wildman–Crippen LogP) is 3.65. The standard InChI is InChI=1S/C23H22N2O5/c1-28-20-10-18-19(11-21(20)30-14-15-6-4-3-5-7-15)24-12-17-8-16(9-22(26)29-2)13-25(17)23(18)27/h3-7,10-13,17H,8-9,14H2,1-2H3/t17-/m0/s1. The molecule has 30 heavy (non-hydrogen) atoms. The van der Waals surface area contributed by atoms with Crippen LogP contribution in [-0.2, 0) is 16.1 Å². The number of ether oxygens (including phenoxy) is 3. The van der Waals surface area contributed by atoms with Gasteiger partial charge in [-0.2, -0.15) is 0 Å². The zero-order valence-corrected chi connectivity index (χ0v) is 16.8. The maximum atomic E-state index is 13.2. The van der Waals surface area contributed by atoms with Gasteiger partial charge in [-0.15, -0.1) is 0 Å². The van der Waals surface area contributed by atoms with Crippen molar-refractivity contribution in [3.63, 3.8) is 0 Å². The number of methoxy groups -OCH3 is 2. The van der Waals surface area contributed by atoms with Gasteiger partial charge in [0.1, 0.15) is 6.61 Å². The van der Waals surface area contributed by atoms with E-state index < -0.39 is 0 Å². The zero-order chi connectivity index (χ0) is 21.1. The minimum Gasteiger partial charge on any atom is -0.493 e. The second kappa shape index (κ2) is 8.41. The molecule has 0 aromatic heterocycles. The van der Waals surface area contributed by atoms with Crippen LogP contribution in [0.1, 0.15) is 28.8 Å². The Morgan fingerprint density at radius 2 is 1.97 bits per heavy atom. The molecule has 0 saturated carbocycles. The second-order valence-corrected chi connectivity index (χ2v) is 7.10. The summed E-state index contributed by atoms with van der Waals surface area (Å²) in [4.78, 5) is 30.9. The van der Waals surface area contributed by atoms with Crippen molar-refractivity contribution in [2.24, 2.45) is 4.99 Å². The summed E-state index contributed by atoms with van der Waals surface area (Å²) >= 11 is 0. The third-order valence-electron chi connectivity index (χ3n) is 5.12. The zero-order valence-electron chi connectivity index (χ0n) is 16.8. The normalized spacial score (nSPS) is 17.0. The lowest BCUT2D eigenvalue weighted by atomic mass is 10.1. The summed E-state index contributed by atoms with van der Waals surface area (Å²) in [6.45, 7) is 0.377. The van der Waals surface area contributed by atoms with Crippen LogP contribution in [0.4, 0.5) is 5.69 Å². The van der Waals surface area contributed by atoms with Gasteiger partial charge >= 0.3 is 5.97 Å². The maximum absolute atomic E-state index is 13.2. The highest BCUT2D eigenvalue weighted by molar-refractivity contribution is 6.04. The number of benzene rings is 2. The molecular formula is C23H22N2O5. The lowest BCUT2D eigenvalue weighted by Crippen LogP contribution is -2.32. The number of esters is 1. The van der Waals surface area contributed by atoms with E-state index >= 15 is 0 Å². The van der Waals surface area contributed by atoms with E-state index in [1.165, 1.54) is 14.2 Å². The summed E-state index contributed by atoms with van der Waals surface area (Å²) in [5.41, 5.74) is 2.82. The van der Waals surface area contributed by atoms with Crippen molar-refractivity contribution in [3.05, 3.63) is 65.4 Å². The summed E-state index contributed by atoms with van der Waals surface area (Å²) in [7, 11) is 2.89. The van der Waals surface area contributed by atoms with E-state index in [4.69, 9.17) is 14.2 Å². The van der Waals surface area contributed by atoms with Crippen LogP contribution in [-0.4, -0.2) is 43.3 Å². The SMILES string of the molecule is COC(=O)CC1=CN2C(=O)c3cc(OC)c(OCc4ccccc4)cc3N=C[C@@H]2C1. The molecule has 4 rings (SSSR count). The number of hydrogen-bond acceptors (Lipinski definition) is 6.